The van der Waals surface area contributed by atoms with Gasteiger partial charge in [0.1, 0.15) is 0 Å². The van der Waals surface area contributed by atoms with Crippen molar-refractivity contribution in [2.45, 2.75) is 6.42 Å². The first kappa shape index (κ1) is 15.3. The highest BCUT2D eigenvalue weighted by atomic mass is 16.5. The number of ether oxygens (including phenoxy) is 1. The quantitative estimate of drug-likeness (QED) is 0.841. The maximum atomic E-state index is 12.0. The Morgan fingerprint density at radius 3 is 2.67 bits per heavy atom. The van der Waals surface area contributed by atoms with Crippen molar-refractivity contribution in [1.29, 1.82) is 0 Å². The number of hydrogen-bond donors (Lipinski definition) is 1. The maximum absolute atomic E-state index is 12.0. The monoisotopic (exact) mass is 289 g/mol. The number of amides is 1. The van der Waals surface area contributed by atoms with Crippen LogP contribution in [0.2, 0.25) is 0 Å². The average molecular weight is 289 g/mol. The lowest BCUT2D eigenvalue weighted by atomic mass is 10.1. The minimum Gasteiger partial charge on any atom is -0.478 e. The van der Waals surface area contributed by atoms with Crippen LogP contribution in [0, 0.1) is 5.92 Å². The van der Waals surface area contributed by atoms with E-state index < -0.39 is 5.97 Å². The first-order chi connectivity index (χ1) is 10.1. The van der Waals surface area contributed by atoms with Gasteiger partial charge in [-0.1, -0.05) is 12.1 Å². The molecule has 5 heteroatoms. The second-order valence-electron chi connectivity index (χ2n) is 5.21. The topological polar surface area (TPSA) is 66.8 Å². The normalized spacial score (nSPS) is 18.0. The summed E-state index contributed by atoms with van der Waals surface area (Å²) in [6.07, 6.45) is 4.19. The van der Waals surface area contributed by atoms with Crippen LogP contribution in [0.5, 0.6) is 0 Å². The van der Waals surface area contributed by atoms with Crippen LogP contribution in [0.15, 0.2) is 30.3 Å². The van der Waals surface area contributed by atoms with Gasteiger partial charge in [-0.25, -0.2) is 4.79 Å². The number of aromatic carboxylic acids is 1. The molecular formula is C16H19NO4. The minimum atomic E-state index is -0.958. The molecule has 0 bridgehead atoms. The second kappa shape index (κ2) is 7.04. The van der Waals surface area contributed by atoms with Crippen molar-refractivity contribution in [2.75, 3.05) is 26.8 Å². The highest BCUT2D eigenvalue weighted by molar-refractivity contribution is 5.92. The predicted molar refractivity (Wildman–Crippen MR) is 79.0 cm³/mol. The Balaban J connectivity index is 1.89. The fourth-order valence-electron chi connectivity index (χ4n) is 2.24. The molecule has 1 fully saturated rings. The van der Waals surface area contributed by atoms with Crippen molar-refractivity contribution in [1.82, 2.24) is 4.90 Å². The van der Waals surface area contributed by atoms with E-state index in [9.17, 15) is 9.59 Å². The lowest BCUT2D eigenvalue weighted by Gasteiger charge is -2.18. The van der Waals surface area contributed by atoms with E-state index in [0.717, 1.165) is 25.2 Å². The van der Waals surface area contributed by atoms with E-state index in [1.54, 1.807) is 30.2 Å². The van der Waals surface area contributed by atoms with Crippen LogP contribution in [0.3, 0.4) is 0 Å². The summed E-state index contributed by atoms with van der Waals surface area (Å²) in [5.41, 5.74) is 1.03. The summed E-state index contributed by atoms with van der Waals surface area (Å²) < 4.78 is 5.29. The Hall–Kier alpha value is -2.14. The molecule has 2 rings (SSSR count). The standard InChI is InChI=1S/C16H19NO4/c1-17(10-13-8-9-21-11-13)15(18)7-4-12-2-5-14(6-3-12)16(19)20/h2-7,13H,8-11H2,1H3,(H,19,20)/b7-4+. The molecule has 1 aromatic rings. The maximum Gasteiger partial charge on any atom is 0.335 e. The van der Waals surface area contributed by atoms with Crippen molar-refractivity contribution in [3.8, 4) is 0 Å². The molecule has 0 saturated carbocycles. The van der Waals surface area contributed by atoms with Gasteiger partial charge in [0.25, 0.3) is 0 Å². The van der Waals surface area contributed by atoms with Crippen LogP contribution >= 0.6 is 0 Å². The number of nitrogens with zero attached hydrogens (tertiary/aromatic N) is 1. The molecule has 21 heavy (non-hydrogen) atoms. The molecule has 0 aromatic heterocycles. The lowest BCUT2D eigenvalue weighted by molar-refractivity contribution is -0.125. The molecule has 0 radical (unpaired) electrons. The molecule has 1 amide bonds. The van der Waals surface area contributed by atoms with Gasteiger partial charge < -0.3 is 14.7 Å². The van der Waals surface area contributed by atoms with Gasteiger partial charge >= 0.3 is 5.97 Å². The summed E-state index contributed by atoms with van der Waals surface area (Å²) in [4.78, 5) is 24.4. The van der Waals surface area contributed by atoms with Crippen molar-refractivity contribution in [3.05, 3.63) is 41.5 Å². The summed E-state index contributed by atoms with van der Waals surface area (Å²) in [5.74, 6) is -0.605. The number of carboxylic acid groups (broad SMARTS) is 1. The van der Waals surface area contributed by atoms with Gasteiger partial charge in [-0.15, -0.1) is 0 Å². The van der Waals surface area contributed by atoms with Crippen LogP contribution < -0.4 is 0 Å². The summed E-state index contributed by atoms with van der Waals surface area (Å²) in [6, 6.07) is 6.40. The molecule has 0 aliphatic carbocycles. The molecule has 1 unspecified atom stereocenters. The van der Waals surface area contributed by atoms with Gasteiger partial charge in [0, 0.05) is 32.2 Å². The molecule has 1 aromatic carbocycles. The Morgan fingerprint density at radius 2 is 2.10 bits per heavy atom. The second-order valence-corrected chi connectivity index (χ2v) is 5.21. The molecule has 1 heterocycles. The number of carbonyl (C=O) groups excluding carboxylic acids is 1. The van der Waals surface area contributed by atoms with Crippen LogP contribution in [0.25, 0.3) is 6.08 Å². The smallest absolute Gasteiger partial charge is 0.335 e. The van der Waals surface area contributed by atoms with Gasteiger partial charge in [0.15, 0.2) is 0 Å². The van der Waals surface area contributed by atoms with Gasteiger partial charge in [0.2, 0.25) is 5.91 Å². The number of rotatable bonds is 5. The molecule has 1 atom stereocenters. The number of carboxylic acids is 1. The summed E-state index contributed by atoms with van der Waals surface area (Å²) >= 11 is 0. The lowest BCUT2D eigenvalue weighted by Crippen LogP contribution is -2.30. The number of hydrogen-bond acceptors (Lipinski definition) is 3. The number of likely N-dealkylation sites (N-methyl/N-ethyl adjacent to an activating group) is 1. The zero-order chi connectivity index (χ0) is 15.2. The summed E-state index contributed by atoms with van der Waals surface area (Å²) in [7, 11) is 1.78. The summed E-state index contributed by atoms with van der Waals surface area (Å²) in [6.45, 7) is 2.19. The largest absolute Gasteiger partial charge is 0.478 e. The molecule has 0 spiro atoms. The Kier molecular flexibility index (Phi) is 5.11. The molecule has 112 valence electrons. The van der Waals surface area contributed by atoms with Gasteiger partial charge in [0.05, 0.1) is 12.2 Å². The molecule has 1 saturated heterocycles. The third-order valence-electron chi connectivity index (χ3n) is 3.51. The Morgan fingerprint density at radius 1 is 1.38 bits per heavy atom. The average Bonchev–Trinajstić information content (AvgIpc) is 2.98. The minimum absolute atomic E-state index is 0.0655. The van der Waals surface area contributed by atoms with Gasteiger partial charge in [-0.05, 0) is 30.2 Å². The van der Waals surface area contributed by atoms with Crippen LogP contribution in [-0.4, -0.2) is 48.7 Å². The molecule has 1 aliphatic heterocycles. The third kappa shape index (κ3) is 4.43. The zero-order valence-electron chi connectivity index (χ0n) is 12.0. The van der Waals surface area contributed by atoms with E-state index in [-0.39, 0.29) is 11.5 Å². The van der Waals surface area contributed by atoms with Crippen molar-refractivity contribution >= 4 is 18.0 Å². The SMILES string of the molecule is CN(CC1CCOC1)C(=O)/C=C/c1ccc(C(=O)O)cc1. The third-order valence-corrected chi connectivity index (χ3v) is 3.51. The first-order valence-electron chi connectivity index (χ1n) is 6.90. The van der Waals surface area contributed by atoms with E-state index in [0.29, 0.717) is 12.5 Å². The van der Waals surface area contributed by atoms with Crippen molar-refractivity contribution < 1.29 is 19.4 Å². The number of benzene rings is 1. The predicted octanol–water partition coefficient (Wildman–Crippen LogP) is 1.89. The molecular weight excluding hydrogens is 270 g/mol. The van der Waals surface area contributed by atoms with Crippen molar-refractivity contribution in [2.24, 2.45) is 5.92 Å². The number of carbonyl (C=O) groups is 2. The van der Waals surface area contributed by atoms with E-state index in [1.807, 2.05) is 0 Å². The van der Waals surface area contributed by atoms with Crippen LogP contribution in [0.4, 0.5) is 0 Å². The van der Waals surface area contributed by atoms with Crippen LogP contribution in [0.1, 0.15) is 22.3 Å². The van der Waals surface area contributed by atoms with Crippen LogP contribution in [-0.2, 0) is 9.53 Å². The van der Waals surface area contributed by atoms with E-state index in [1.165, 1.54) is 18.2 Å². The Bertz CT molecular complexity index is 530. The summed E-state index contributed by atoms with van der Waals surface area (Å²) in [5, 5.41) is 8.81. The zero-order valence-corrected chi connectivity index (χ0v) is 12.0. The molecule has 1 N–H and O–H groups in total. The van der Waals surface area contributed by atoms with E-state index >= 15 is 0 Å². The van der Waals surface area contributed by atoms with E-state index in [2.05, 4.69) is 0 Å². The van der Waals surface area contributed by atoms with Crippen molar-refractivity contribution in [3.63, 3.8) is 0 Å². The highest BCUT2D eigenvalue weighted by Crippen LogP contribution is 2.13. The van der Waals surface area contributed by atoms with Gasteiger partial charge in [-0.3, -0.25) is 4.79 Å². The first-order valence-corrected chi connectivity index (χ1v) is 6.90. The highest BCUT2D eigenvalue weighted by Gasteiger charge is 2.18. The van der Waals surface area contributed by atoms with Gasteiger partial charge in [-0.2, -0.15) is 0 Å². The fraction of sp³-hybridized carbons (Fsp3) is 0.375. The van der Waals surface area contributed by atoms with E-state index in [4.69, 9.17) is 9.84 Å². The molecule has 5 nitrogen and oxygen atoms in total. The Labute approximate surface area is 123 Å². The molecule has 1 aliphatic rings. The fourth-order valence-corrected chi connectivity index (χ4v) is 2.24.